The molecule has 0 saturated carbocycles. The number of aromatic hydroxyl groups is 1. The van der Waals surface area contributed by atoms with Crippen molar-refractivity contribution in [3.8, 4) is 5.75 Å². The van der Waals surface area contributed by atoms with E-state index in [0.717, 1.165) is 11.5 Å². The number of nitrogens with zero attached hydrogens (tertiary/aromatic N) is 4. The highest BCUT2D eigenvalue weighted by Crippen LogP contribution is 2.23. The molecule has 0 spiro atoms. The molecule has 9 heteroatoms. The zero-order chi connectivity index (χ0) is 22.1. The highest BCUT2D eigenvalue weighted by atomic mass is 32.2. The maximum atomic E-state index is 12.4. The smallest absolute Gasteiger partial charge is 0.253 e. The number of nitrogens with one attached hydrogen (secondary N) is 2. The number of allylic oxidation sites excluding steroid dienone is 1. The number of thioether (sulfide) groups is 1. The molecule has 160 valence electrons. The van der Waals surface area contributed by atoms with Crippen LogP contribution in [0.25, 0.3) is 0 Å². The van der Waals surface area contributed by atoms with Crippen molar-refractivity contribution < 1.29 is 9.90 Å². The van der Waals surface area contributed by atoms with Crippen molar-refractivity contribution in [2.24, 2.45) is 5.10 Å². The second kappa shape index (κ2) is 11.0. The maximum absolute atomic E-state index is 12.4. The van der Waals surface area contributed by atoms with Crippen LogP contribution in [0.15, 0.2) is 77.5 Å². The summed E-state index contributed by atoms with van der Waals surface area (Å²) in [6.45, 7) is 6.61. The Morgan fingerprint density at radius 2 is 2.06 bits per heavy atom. The van der Waals surface area contributed by atoms with Gasteiger partial charge in [-0.2, -0.15) is 5.10 Å². The van der Waals surface area contributed by atoms with Crippen LogP contribution in [0.2, 0.25) is 0 Å². The van der Waals surface area contributed by atoms with Gasteiger partial charge in [0.2, 0.25) is 0 Å². The molecular formula is C22H24N6O2S. The number of phenolic OH excluding ortho intramolecular Hbond substituents is 1. The number of carbonyl (C=O) groups excluding carboxylic acids is 1. The Labute approximate surface area is 185 Å². The minimum atomic E-state index is -0.441. The summed E-state index contributed by atoms with van der Waals surface area (Å²) in [5.74, 6) is 0.623. The lowest BCUT2D eigenvalue weighted by Crippen LogP contribution is -2.27. The molecule has 1 heterocycles. The molecule has 2 aromatic carbocycles. The Morgan fingerprint density at radius 3 is 2.81 bits per heavy atom. The van der Waals surface area contributed by atoms with E-state index in [-0.39, 0.29) is 11.7 Å². The predicted molar refractivity (Wildman–Crippen MR) is 123 cm³/mol. The fourth-order valence-electron chi connectivity index (χ4n) is 2.66. The summed E-state index contributed by atoms with van der Waals surface area (Å²) >= 11 is 1.30. The second-order valence-corrected chi connectivity index (χ2v) is 7.91. The van der Waals surface area contributed by atoms with Crippen LogP contribution in [0.1, 0.15) is 18.3 Å². The van der Waals surface area contributed by atoms with E-state index in [2.05, 4.69) is 32.6 Å². The van der Waals surface area contributed by atoms with Crippen LogP contribution in [0, 0.1) is 0 Å². The molecule has 0 unspecified atom stereocenters. The van der Waals surface area contributed by atoms with Crippen molar-refractivity contribution in [3.63, 3.8) is 0 Å². The number of hydrogen-bond donors (Lipinski definition) is 3. The molecular weight excluding hydrogens is 412 g/mol. The number of rotatable bonds is 10. The highest BCUT2D eigenvalue weighted by Gasteiger charge is 2.19. The number of phenols is 1. The van der Waals surface area contributed by atoms with Crippen molar-refractivity contribution in [1.82, 2.24) is 20.2 Å². The predicted octanol–water partition coefficient (Wildman–Crippen LogP) is 3.41. The number of carbonyl (C=O) groups is 1. The van der Waals surface area contributed by atoms with Gasteiger partial charge in [0.25, 0.3) is 5.91 Å². The lowest BCUT2D eigenvalue weighted by Gasteiger charge is -2.12. The summed E-state index contributed by atoms with van der Waals surface area (Å²) in [6, 6.07) is 16.4. The van der Waals surface area contributed by atoms with Crippen molar-refractivity contribution in [2.75, 3.05) is 5.32 Å². The van der Waals surface area contributed by atoms with E-state index in [4.69, 9.17) is 0 Å². The van der Waals surface area contributed by atoms with Gasteiger partial charge in [-0.05, 0) is 36.8 Å². The quantitative estimate of drug-likeness (QED) is 0.195. The second-order valence-electron chi connectivity index (χ2n) is 6.61. The zero-order valence-corrected chi connectivity index (χ0v) is 17.9. The molecule has 31 heavy (non-hydrogen) atoms. The number of benzene rings is 2. The number of hydrogen-bond acceptors (Lipinski definition) is 7. The zero-order valence-electron chi connectivity index (χ0n) is 17.1. The molecule has 0 aliphatic rings. The van der Waals surface area contributed by atoms with E-state index in [1.54, 1.807) is 37.3 Å². The average Bonchev–Trinajstić information content (AvgIpc) is 3.14. The average molecular weight is 437 g/mol. The summed E-state index contributed by atoms with van der Waals surface area (Å²) < 4.78 is 1.92. The Kier molecular flexibility index (Phi) is 7.83. The van der Waals surface area contributed by atoms with Crippen LogP contribution in [0.4, 0.5) is 5.69 Å². The molecule has 8 nitrogen and oxygen atoms in total. The monoisotopic (exact) mass is 436 g/mol. The molecule has 0 fully saturated rings. The number of anilines is 1. The van der Waals surface area contributed by atoms with Crippen LogP contribution in [-0.4, -0.2) is 37.2 Å². The van der Waals surface area contributed by atoms with Gasteiger partial charge >= 0.3 is 0 Å². The SMILES string of the molecule is C=CCn1c(CNc2ccccc2)nnc1S[C@@H](C)C(=O)NN=Cc1cccc(O)c1. The first kappa shape index (κ1) is 22.1. The standard InChI is InChI=1S/C22H24N6O2S/c1-3-12-28-20(15-23-18-9-5-4-6-10-18)25-27-22(28)31-16(2)21(30)26-24-14-17-8-7-11-19(29)13-17/h3-11,13-14,16,23,29H,1,12,15H2,2H3,(H,26,30)/t16-/m0/s1. The van der Waals surface area contributed by atoms with Crippen molar-refractivity contribution in [3.05, 3.63) is 78.6 Å². The topological polar surface area (TPSA) is 104 Å². The van der Waals surface area contributed by atoms with Gasteiger partial charge in [-0.3, -0.25) is 4.79 Å². The molecule has 0 aliphatic heterocycles. The molecule has 1 atom stereocenters. The maximum Gasteiger partial charge on any atom is 0.253 e. The van der Waals surface area contributed by atoms with Gasteiger partial charge in [0.05, 0.1) is 18.0 Å². The van der Waals surface area contributed by atoms with E-state index >= 15 is 0 Å². The van der Waals surface area contributed by atoms with Gasteiger partial charge in [0.15, 0.2) is 11.0 Å². The number of para-hydroxylation sites is 1. The molecule has 0 aliphatic carbocycles. The van der Waals surface area contributed by atoms with Crippen molar-refractivity contribution in [2.45, 2.75) is 30.4 Å². The summed E-state index contributed by atoms with van der Waals surface area (Å²) in [4.78, 5) is 12.4. The van der Waals surface area contributed by atoms with Crippen molar-refractivity contribution >= 4 is 29.6 Å². The molecule has 3 aromatic rings. The van der Waals surface area contributed by atoms with Gasteiger partial charge in [0, 0.05) is 12.2 Å². The number of aromatic nitrogens is 3. The third-order valence-corrected chi connectivity index (χ3v) is 5.32. The Hall–Kier alpha value is -3.59. The van der Waals surface area contributed by atoms with Crippen molar-refractivity contribution in [1.29, 1.82) is 0 Å². The summed E-state index contributed by atoms with van der Waals surface area (Å²) in [5.41, 5.74) is 4.18. The first-order valence-corrected chi connectivity index (χ1v) is 10.6. The van der Waals surface area contributed by atoms with Crippen LogP contribution >= 0.6 is 11.8 Å². The van der Waals surface area contributed by atoms with E-state index in [9.17, 15) is 9.90 Å². The Balaban J connectivity index is 1.60. The number of amides is 1. The minimum Gasteiger partial charge on any atom is -0.508 e. The fourth-order valence-corrected chi connectivity index (χ4v) is 3.54. The van der Waals surface area contributed by atoms with Crippen LogP contribution in [0.5, 0.6) is 5.75 Å². The van der Waals surface area contributed by atoms with E-state index in [0.29, 0.717) is 23.8 Å². The third kappa shape index (κ3) is 6.45. The minimum absolute atomic E-state index is 0.137. The lowest BCUT2D eigenvalue weighted by atomic mass is 10.2. The van der Waals surface area contributed by atoms with Gasteiger partial charge in [0.1, 0.15) is 5.75 Å². The van der Waals surface area contributed by atoms with E-state index < -0.39 is 5.25 Å². The van der Waals surface area contributed by atoms with Crippen LogP contribution < -0.4 is 10.7 Å². The van der Waals surface area contributed by atoms with Crippen LogP contribution in [-0.2, 0) is 17.9 Å². The normalized spacial score (nSPS) is 11.9. The highest BCUT2D eigenvalue weighted by molar-refractivity contribution is 8.00. The molecule has 0 radical (unpaired) electrons. The Bertz CT molecular complexity index is 1050. The largest absolute Gasteiger partial charge is 0.508 e. The third-order valence-electron chi connectivity index (χ3n) is 4.24. The summed E-state index contributed by atoms with van der Waals surface area (Å²) in [7, 11) is 0. The Morgan fingerprint density at radius 1 is 1.26 bits per heavy atom. The summed E-state index contributed by atoms with van der Waals surface area (Å²) in [5, 5.41) is 25.4. The van der Waals surface area contributed by atoms with Gasteiger partial charge in [-0.1, -0.05) is 48.2 Å². The van der Waals surface area contributed by atoms with Crippen LogP contribution in [0.3, 0.4) is 0 Å². The van der Waals surface area contributed by atoms with Gasteiger partial charge in [-0.25, -0.2) is 5.43 Å². The molecule has 0 bridgehead atoms. The fraction of sp³-hybridized carbons (Fsp3) is 0.182. The molecule has 1 amide bonds. The molecule has 0 saturated heterocycles. The molecule has 1 aromatic heterocycles. The van der Waals surface area contributed by atoms with E-state index in [1.807, 2.05) is 34.9 Å². The van der Waals surface area contributed by atoms with Gasteiger partial charge in [-0.15, -0.1) is 16.8 Å². The molecule has 3 rings (SSSR count). The van der Waals surface area contributed by atoms with E-state index in [1.165, 1.54) is 18.0 Å². The van der Waals surface area contributed by atoms with Gasteiger partial charge < -0.3 is 15.0 Å². The lowest BCUT2D eigenvalue weighted by molar-refractivity contribution is -0.120. The first-order valence-electron chi connectivity index (χ1n) is 9.67. The molecule has 3 N–H and O–H groups in total. The number of hydrazone groups is 1. The summed E-state index contributed by atoms with van der Waals surface area (Å²) in [6.07, 6.45) is 3.24. The first-order chi connectivity index (χ1) is 15.1.